The number of ether oxygens (including phenoxy) is 2. The molecule has 0 aliphatic carbocycles. The van der Waals surface area contributed by atoms with Gasteiger partial charge in [0.05, 0.1) is 19.3 Å². The summed E-state index contributed by atoms with van der Waals surface area (Å²) in [6, 6.07) is 8.02. The van der Waals surface area contributed by atoms with Gasteiger partial charge in [-0.15, -0.1) is 0 Å². The van der Waals surface area contributed by atoms with Gasteiger partial charge in [0.2, 0.25) is 0 Å². The SMILES string of the molecule is CCOc1cccc(CN(C)CC(O)COC)c1. The molecule has 0 saturated carbocycles. The zero-order chi connectivity index (χ0) is 13.4. The molecule has 4 nitrogen and oxygen atoms in total. The number of likely N-dealkylation sites (N-methyl/N-ethyl adjacent to an activating group) is 1. The first-order valence-electron chi connectivity index (χ1n) is 6.23. The van der Waals surface area contributed by atoms with E-state index in [1.165, 1.54) is 5.56 Å². The quantitative estimate of drug-likeness (QED) is 0.763. The predicted octanol–water partition coefficient (Wildman–Crippen LogP) is 1.52. The molecule has 0 aromatic heterocycles. The maximum Gasteiger partial charge on any atom is 0.119 e. The maximum atomic E-state index is 9.65. The lowest BCUT2D eigenvalue weighted by atomic mass is 10.2. The minimum Gasteiger partial charge on any atom is -0.494 e. The van der Waals surface area contributed by atoms with E-state index in [1.54, 1.807) is 7.11 Å². The lowest BCUT2D eigenvalue weighted by molar-refractivity contribution is 0.0419. The summed E-state index contributed by atoms with van der Waals surface area (Å²) in [7, 11) is 3.57. The Morgan fingerprint density at radius 2 is 2.17 bits per heavy atom. The summed E-state index contributed by atoms with van der Waals surface area (Å²) >= 11 is 0. The Balaban J connectivity index is 2.47. The molecule has 4 heteroatoms. The second-order valence-electron chi connectivity index (χ2n) is 4.39. The van der Waals surface area contributed by atoms with Crippen molar-refractivity contribution in [2.75, 3.05) is 33.9 Å². The van der Waals surface area contributed by atoms with E-state index in [2.05, 4.69) is 11.0 Å². The zero-order valence-corrected chi connectivity index (χ0v) is 11.4. The summed E-state index contributed by atoms with van der Waals surface area (Å²) in [6.45, 7) is 4.38. The van der Waals surface area contributed by atoms with Gasteiger partial charge in [-0.2, -0.15) is 0 Å². The molecule has 1 unspecified atom stereocenters. The molecule has 1 aromatic carbocycles. The smallest absolute Gasteiger partial charge is 0.119 e. The summed E-state index contributed by atoms with van der Waals surface area (Å²) in [5.41, 5.74) is 1.17. The molecule has 0 aliphatic rings. The standard InChI is InChI=1S/C14H23NO3/c1-4-18-14-7-5-6-12(8-14)9-15(2)10-13(16)11-17-3/h5-8,13,16H,4,9-11H2,1-3H3. The molecule has 1 aromatic rings. The lowest BCUT2D eigenvalue weighted by Crippen LogP contribution is -2.31. The van der Waals surface area contributed by atoms with Crippen LogP contribution in [0.5, 0.6) is 5.75 Å². The van der Waals surface area contributed by atoms with Crippen LogP contribution in [0.25, 0.3) is 0 Å². The van der Waals surface area contributed by atoms with Gasteiger partial charge in [-0.25, -0.2) is 0 Å². The Morgan fingerprint density at radius 3 is 2.83 bits per heavy atom. The molecule has 0 bridgehead atoms. The van der Waals surface area contributed by atoms with Crippen molar-refractivity contribution in [3.8, 4) is 5.75 Å². The summed E-state index contributed by atoms with van der Waals surface area (Å²) in [5, 5.41) is 9.65. The molecule has 1 atom stereocenters. The van der Waals surface area contributed by atoms with E-state index in [1.807, 2.05) is 32.2 Å². The highest BCUT2D eigenvalue weighted by molar-refractivity contribution is 5.28. The molecule has 0 heterocycles. The van der Waals surface area contributed by atoms with Gasteiger partial charge in [-0.1, -0.05) is 12.1 Å². The normalized spacial score (nSPS) is 12.7. The van der Waals surface area contributed by atoms with Crippen molar-refractivity contribution in [1.29, 1.82) is 0 Å². The van der Waals surface area contributed by atoms with Crippen LogP contribution in [0.3, 0.4) is 0 Å². The van der Waals surface area contributed by atoms with Crippen molar-refractivity contribution in [1.82, 2.24) is 4.90 Å². The van der Waals surface area contributed by atoms with Crippen LogP contribution < -0.4 is 4.74 Å². The number of rotatable bonds is 8. The van der Waals surface area contributed by atoms with E-state index in [9.17, 15) is 5.11 Å². The second kappa shape index (κ2) is 8.08. The monoisotopic (exact) mass is 253 g/mol. The third-order valence-corrected chi connectivity index (χ3v) is 2.54. The molecule has 1 N–H and O–H groups in total. The number of hydrogen-bond donors (Lipinski definition) is 1. The molecule has 0 spiro atoms. The van der Waals surface area contributed by atoms with E-state index < -0.39 is 6.10 Å². The van der Waals surface area contributed by atoms with Crippen LogP contribution in [-0.4, -0.2) is 50.0 Å². The van der Waals surface area contributed by atoms with E-state index in [0.717, 1.165) is 12.3 Å². The fourth-order valence-corrected chi connectivity index (χ4v) is 1.88. The Hall–Kier alpha value is -1.10. The number of aliphatic hydroxyl groups excluding tert-OH is 1. The van der Waals surface area contributed by atoms with Crippen LogP contribution in [0.1, 0.15) is 12.5 Å². The van der Waals surface area contributed by atoms with Gasteiger partial charge >= 0.3 is 0 Å². The van der Waals surface area contributed by atoms with Crippen LogP contribution >= 0.6 is 0 Å². The largest absolute Gasteiger partial charge is 0.494 e. The Labute approximate surface area is 109 Å². The van der Waals surface area contributed by atoms with Gasteiger partial charge in [0.15, 0.2) is 0 Å². The van der Waals surface area contributed by atoms with Gasteiger partial charge in [0, 0.05) is 20.2 Å². The fraction of sp³-hybridized carbons (Fsp3) is 0.571. The van der Waals surface area contributed by atoms with Crippen molar-refractivity contribution >= 4 is 0 Å². The van der Waals surface area contributed by atoms with Crippen molar-refractivity contribution < 1.29 is 14.6 Å². The fourth-order valence-electron chi connectivity index (χ4n) is 1.88. The van der Waals surface area contributed by atoms with E-state index in [-0.39, 0.29) is 0 Å². The van der Waals surface area contributed by atoms with E-state index >= 15 is 0 Å². The Bertz CT molecular complexity index is 344. The molecular weight excluding hydrogens is 230 g/mol. The van der Waals surface area contributed by atoms with Gasteiger partial charge in [0.1, 0.15) is 5.75 Å². The molecule has 0 fully saturated rings. The van der Waals surface area contributed by atoms with Crippen LogP contribution in [0.2, 0.25) is 0 Å². The molecule has 0 aliphatic heterocycles. The molecule has 0 radical (unpaired) electrons. The number of nitrogens with zero attached hydrogens (tertiary/aromatic N) is 1. The average molecular weight is 253 g/mol. The highest BCUT2D eigenvalue weighted by Gasteiger charge is 2.08. The summed E-state index contributed by atoms with van der Waals surface area (Å²) in [4.78, 5) is 2.06. The van der Waals surface area contributed by atoms with Gasteiger partial charge in [0.25, 0.3) is 0 Å². The van der Waals surface area contributed by atoms with Crippen molar-refractivity contribution in [3.63, 3.8) is 0 Å². The first-order chi connectivity index (χ1) is 8.65. The van der Waals surface area contributed by atoms with Crippen LogP contribution in [0.4, 0.5) is 0 Å². The number of benzene rings is 1. The first kappa shape index (κ1) is 15.0. The minimum atomic E-state index is -0.449. The molecule has 0 saturated heterocycles. The summed E-state index contributed by atoms with van der Waals surface area (Å²) in [5.74, 6) is 0.890. The van der Waals surface area contributed by atoms with Gasteiger partial charge in [-0.05, 0) is 31.7 Å². The molecule has 102 valence electrons. The third kappa shape index (κ3) is 5.49. The molecular formula is C14H23NO3. The molecule has 1 rings (SSSR count). The Kier molecular flexibility index (Phi) is 6.72. The minimum absolute atomic E-state index is 0.364. The van der Waals surface area contributed by atoms with Crippen LogP contribution in [-0.2, 0) is 11.3 Å². The molecule has 0 amide bonds. The average Bonchev–Trinajstić information content (AvgIpc) is 2.29. The first-order valence-corrected chi connectivity index (χ1v) is 6.23. The third-order valence-electron chi connectivity index (χ3n) is 2.54. The number of methoxy groups -OCH3 is 1. The second-order valence-corrected chi connectivity index (χ2v) is 4.39. The van der Waals surface area contributed by atoms with Crippen molar-refractivity contribution in [2.24, 2.45) is 0 Å². The zero-order valence-electron chi connectivity index (χ0n) is 11.4. The highest BCUT2D eigenvalue weighted by atomic mass is 16.5. The van der Waals surface area contributed by atoms with Crippen LogP contribution in [0, 0.1) is 0 Å². The van der Waals surface area contributed by atoms with E-state index in [4.69, 9.17) is 9.47 Å². The number of hydrogen-bond acceptors (Lipinski definition) is 4. The number of aliphatic hydroxyl groups is 1. The topological polar surface area (TPSA) is 41.9 Å². The van der Waals surface area contributed by atoms with Crippen molar-refractivity contribution in [2.45, 2.75) is 19.6 Å². The maximum absolute atomic E-state index is 9.65. The van der Waals surface area contributed by atoms with Gasteiger partial charge in [-0.3, -0.25) is 4.90 Å². The highest BCUT2D eigenvalue weighted by Crippen LogP contribution is 2.14. The summed E-state index contributed by atoms with van der Waals surface area (Å²) in [6.07, 6.45) is -0.449. The van der Waals surface area contributed by atoms with Crippen LogP contribution in [0.15, 0.2) is 24.3 Å². The van der Waals surface area contributed by atoms with Gasteiger partial charge < -0.3 is 14.6 Å². The molecule has 18 heavy (non-hydrogen) atoms. The van der Waals surface area contributed by atoms with Crippen molar-refractivity contribution in [3.05, 3.63) is 29.8 Å². The lowest BCUT2D eigenvalue weighted by Gasteiger charge is -2.20. The van der Waals surface area contributed by atoms with E-state index in [0.29, 0.717) is 19.8 Å². The Morgan fingerprint density at radius 1 is 1.39 bits per heavy atom. The predicted molar refractivity (Wildman–Crippen MR) is 71.8 cm³/mol. The summed E-state index contributed by atoms with van der Waals surface area (Å²) < 4.78 is 10.4.